The van der Waals surface area contributed by atoms with Crippen molar-refractivity contribution >= 4 is 0 Å². The van der Waals surface area contributed by atoms with Gasteiger partial charge in [0.05, 0.1) is 0 Å². The quantitative estimate of drug-likeness (QED) is 0.824. The third kappa shape index (κ3) is 2.10. The molecule has 1 atom stereocenters. The zero-order valence-corrected chi connectivity index (χ0v) is 9.97. The zero-order valence-electron chi connectivity index (χ0n) is 9.97. The molecule has 0 spiro atoms. The van der Waals surface area contributed by atoms with E-state index >= 15 is 0 Å². The molecule has 15 heavy (non-hydrogen) atoms. The highest BCUT2D eigenvalue weighted by molar-refractivity contribution is 5.11. The highest BCUT2D eigenvalue weighted by Gasteiger charge is 2.37. The smallest absolute Gasteiger partial charge is 0.106 e. The minimum atomic E-state index is 0.268. The van der Waals surface area contributed by atoms with Gasteiger partial charge < -0.3 is 9.73 Å². The number of furan rings is 1. The van der Waals surface area contributed by atoms with Crippen molar-refractivity contribution in [1.29, 1.82) is 0 Å². The fraction of sp³-hybridized carbons (Fsp3) is 0.692. The second-order valence-corrected chi connectivity index (χ2v) is 5.03. The molecule has 1 N–H and O–H groups in total. The van der Waals surface area contributed by atoms with Gasteiger partial charge in [-0.2, -0.15) is 0 Å². The Bertz CT molecular complexity index is 321. The fourth-order valence-electron chi connectivity index (χ4n) is 2.57. The highest BCUT2D eigenvalue weighted by atomic mass is 16.3. The molecular formula is C13H21NO. The van der Waals surface area contributed by atoms with E-state index in [1.165, 1.54) is 12.8 Å². The van der Waals surface area contributed by atoms with Crippen molar-refractivity contribution in [2.24, 2.45) is 5.92 Å². The Kier molecular flexibility index (Phi) is 2.87. The second-order valence-electron chi connectivity index (χ2n) is 5.03. The molecule has 1 aromatic rings. The van der Waals surface area contributed by atoms with E-state index in [4.69, 9.17) is 4.42 Å². The Morgan fingerprint density at radius 2 is 2.27 bits per heavy atom. The Morgan fingerprint density at radius 1 is 1.47 bits per heavy atom. The zero-order chi connectivity index (χ0) is 10.9. The van der Waals surface area contributed by atoms with Crippen LogP contribution in [0.2, 0.25) is 0 Å². The van der Waals surface area contributed by atoms with Crippen molar-refractivity contribution in [1.82, 2.24) is 5.32 Å². The van der Waals surface area contributed by atoms with Crippen molar-refractivity contribution < 1.29 is 4.42 Å². The first kappa shape index (κ1) is 10.7. The predicted octanol–water partition coefficient (Wildman–Crippen LogP) is 2.91. The molecule has 0 aliphatic carbocycles. The number of nitrogens with one attached hydrogen (secondary N) is 1. The summed E-state index contributed by atoms with van der Waals surface area (Å²) in [6.45, 7) is 7.76. The van der Waals surface area contributed by atoms with Crippen LogP contribution in [0.4, 0.5) is 0 Å². The van der Waals surface area contributed by atoms with E-state index in [0.29, 0.717) is 5.92 Å². The van der Waals surface area contributed by atoms with Crippen LogP contribution in [0.1, 0.15) is 38.2 Å². The molecule has 1 aromatic heterocycles. The molecule has 0 radical (unpaired) electrons. The summed E-state index contributed by atoms with van der Waals surface area (Å²) in [5.74, 6) is 2.79. The lowest BCUT2D eigenvalue weighted by Crippen LogP contribution is -2.46. The molecule has 1 aliphatic rings. The van der Waals surface area contributed by atoms with Crippen LogP contribution in [0.15, 0.2) is 16.5 Å². The van der Waals surface area contributed by atoms with E-state index in [9.17, 15) is 0 Å². The Balaban J connectivity index is 2.13. The van der Waals surface area contributed by atoms with Crippen LogP contribution >= 0.6 is 0 Å². The van der Waals surface area contributed by atoms with Crippen molar-refractivity contribution in [3.8, 4) is 0 Å². The molecule has 0 amide bonds. The van der Waals surface area contributed by atoms with Crippen LogP contribution in [0.5, 0.6) is 0 Å². The van der Waals surface area contributed by atoms with Gasteiger partial charge in [0.1, 0.15) is 11.5 Å². The van der Waals surface area contributed by atoms with Gasteiger partial charge in [0.2, 0.25) is 0 Å². The molecule has 1 fully saturated rings. The standard InChI is InChI=1S/C13H21NO/c1-10(2)13(7-4-8-14-13)9-12-6-5-11(3)15-12/h5-6,10,14H,4,7-9H2,1-3H3. The minimum Gasteiger partial charge on any atom is -0.466 e. The molecule has 2 heteroatoms. The van der Waals surface area contributed by atoms with Gasteiger partial charge in [0.25, 0.3) is 0 Å². The van der Waals surface area contributed by atoms with Gasteiger partial charge in [-0.3, -0.25) is 0 Å². The van der Waals surface area contributed by atoms with Crippen LogP contribution in [-0.4, -0.2) is 12.1 Å². The summed E-state index contributed by atoms with van der Waals surface area (Å²) in [6, 6.07) is 4.16. The predicted molar refractivity (Wildman–Crippen MR) is 62.0 cm³/mol. The monoisotopic (exact) mass is 207 g/mol. The molecular weight excluding hydrogens is 186 g/mol. The number of rotatable bonds is 3. The van der Waals surface area contributed by atoms with E-state index < -0.39 is 0 Å². The van der Waals surface area contributed by atoms with Crippen molar-refractivity contribution in [3.63, 3.8) is 0 Å². The SMILES string of the molecule is Cc1ccc(CC2(C(C)C)CCCN2)o1. The summed E-state index contributed by atoms with van der Waals surface area (Å²) in [5, 5.41) is 3.67. The lowest BCUT2D eigenvalue weighted by Gasteiger charge is -2.33. The average Bonchev–Trinajstić information content (AvgIpc) is 2.77. The summed E-state index contributed by atoms with van der Waals surface area (Å²) in [7, 11) is 0. The van der Waals surface area contributed by atoms with E-state index in [1.54, 1.807) is 0 Å². The summed E-state index contributed by atoms with van der Waals surface area (Å²) >= 11 is 0. The van der Waals surface area contributed by atoms with Crippen molar-refractivity contribution in [3.05, 3.63) is 23.7 Å². The first-order valence-electron chi connectivity index (χ1n) is 5.93. The molecule has 1 saturated heterocycles. The maximum atomic E-state index is 5.68. The number of hydrogen-bond acceptors (Lipinski definition) is 2. The second kappa shape index (κ2) is 4.01. The van der Waals surface area contributed by atoms with Crippen molar-refractivity contribution in [2.75, 3.05) is 6.54 Å². The van der Waals surface area contributed by atoms with E-state index in [0.717, 1.165) is 24.5 Å². The van der Waals surface area contributed by atoms with Crippen LogP contribution in [0, 0.1) is 12.8 Å². The lowest BCUT2D eigenvalue weighted by atomic mass is 9.81. The fourth-order valence-corrected chi connectivity index (χ4v) is 2.57. The molecule has 0 saturated carbocycles. The van der Waals surface area contributed by atoms with Crippen LogP contribution < -0.4 is 5.32 Å². The van der Waals surface area contributed by atoms with Crippen molar-refractivity contribution in [2.45, 2.75) is 45.6 Å². The Hall–Kier alpha value is -0.760. The third-order valence-electron chi connectivity index (χ3n) is 3.67. The molecule has 2 nitrogen and oxygen atoms in total. The first-order chi connectivity index (χ1) is 7.12. The highest BCUT2D eigenvalue weighted by Crippen LogP contribution is 2.31. The molecule has 84 valence electrons. The molecule has 0 aromatic carbocycles. The van der Waals surface area contributed by atoms with Crippen LogP contribution in [0.3, 0.4) is 0 Å². The maximum absolute atomic E-state index is 5.68. The van der Waals surface area contributed by atoms with E-state index in [-0.39, 0.29) is 5.54 Å². The maximum Gasteiger partial charge on any atom is 0.106 e. The molecule has 0 bridgehead atoms. The lowest BCUT2D eigenvalue weighted by molar-refractivity contribution is 0.252. The van der Waals surface area contributed by atoms with Gasteiger partial charge in [0, 0.05) is 12.0 Å². The number of aryl methyl sites for hydroxylation is 1. The normalized spacial score (nSPS) is 26.4. The summed E-state index contributed by atoms with van der Waals surface area (Å²) in [6.07, 6.45) is 3.58. The van der Waals surface area contributed by atoms with Gasteiger partial charge >= 0.3 is 0 Å². The third-order valence-corrected chi connectivity index (χ3v) is 3.67. The topological polar surface area (TPSA) is 25.2 Å². The first-order valence-corrected chi connectivity index (χ1v) is 5.93. The average molecular weight is 207 g/mol. The molecule has 1 unspecified atom stereocenters. The Morgan fingerprint density at radius 3 is 2.73 bits per heavy atom. The Labute approximate surface area is 92.1 Å². The summed E-state index contributed by atoms with van der Waals surface area (Å²) < 4.78 is 5.68. The molecule has 2 rings (SSSR count). The van der Waals surface area contributed by atoms with E-state index in [1.807, 2.05) is 6.92 Å². The van der Waals surface area contributed by atoms with Gasteiger partial charge in [0.15, 0.2) is 0 Å². The molecule has 1 aliphatic heterocycles. The largest absolute Gasteiger partial charge is 0.466 e. The summed E-state index contributed by atoms with van der Waals surface area (Å²) in [5.41, 5.74) is 0.268. The van der Waals surface area contributed by atoms with Gasteiger partial charge in [-0.05, 0) is 44.4 Å². The van der Waals surface area contributed by atoms with Crippen LogP contribution in [-0.2, 0) is 6.42 Å². The minimum absolute atomic E-state index is 0.268. The van der Waals surface area contributed by atoms with Crippen LogP contribution in [0.25, 0.3) is 0 Å². The van der Waals surface area contributed by atoms with Gasteiger partial charge in [-0.25, -0.2) is 0 Å². The summed E-state index contributed by atoms with van der Waals surface area (Å²) in [4.78, 5) is 0. The van der Waals surface area contributed by atoms with Gasteiger partial charge in [-0.15, -0.1) is 0 Å². The number of hydrogen-bond donors (Lipinski definition) is 1. The van der Waals surface area contributed by atoms with E-state index in [2.05, 4.69) is 31.3 Å². The molecule has 2 heterocycles. The van der Waals surface area contributed by atoms with Gasteiger partial charge in [-0.1, -0.05) is 13.8 Å².